The third-order valence-electron chi connectivity index (χ3n) is 3.89. The summed E-state index contributed by atoms with van der Waals surface area (Å²) in [7, 11) is 0. The Morgan fingerprint density at radius 1 is 1.05 bits per heavy atom. The predicted molar refractivity (Wildman–Crippen MR) is 85.8 cm³/mol. The van der Waals surface area contributed by atoms with Gasteiger partial charge in [-0.05, 0) is 12.1 Å². The zero-order valence-corrected chi connectivity index (χ0v) is 13.1. The Bertz CT molecular complexity index is 555. The van der Waals surface area contributed by atoms with Gasteiger partial charge in [-0.3, -0.25) is 14.5 Å². The van der Waals surface area contributed by atoms with Gasteiger partial charge in [0.15, 0.2) is 5.78 Å². The molecule has 1 aliphatic heterocycles. The molecule has 0 bridgehead atoms. The maximum Gasteiger partial charge on any atom is 0.201 e. The highest BCUT2D eigenvalue weighted by molar-refractivity contribution is 5.85. The van der Waals surface area contributed by atoms with E-state index in [2.05, 4.69) is 9.80 Å². The number of Topliss-reactive ketones (excluding diaryl/α,β-unsaturated/α-hetero) is 1. The van der Waals surface area contributed by atoms with Crippen molar-refractivity contribution < 1.29 is 4.79 Å². The topological polar surface area (TPSA) is 40.6 Å². The van der Waals surface area contributed by atoms with E-state index in [0.29, 0.717) is 6.54 Å². The minimum Gasteiger partial charge on any atom is -0.366 e. The van der Waals surface area contributed by atoms with E-state index >= 15 is 0 Å². The molecule has 1 aromatic carbocycles. The van der Waals surface area contributed by atoms with Crippen molar-refractivity contribution in [2.75, 3.05) is 37.6 Å². The number of carbonyl (C=O) groups excluding carboxylic acids is 1. The number of ketones is 1. The number of anilines is 1. The third kappa shape index (κ3) is 4.14. The van der Waals surface area contributed by atoms with Crippen LogP contribution in [0.15, 0.2) is 35.1 Å². The number of nitrogens with zero attached hydrogens (tertiary/aromatic N) is 2. The fourth-order valence-electron chi connectivity index (χ4n) is 2.37. The van der Waals surface area contributed by atoms with Crippen LogP contribution in [0.1, 0.15) is 20.8 Å². The molecule has 1 heterocycles. The van der Waals surface area contributed by atoms with Gasteiger partial charge in [0.2, 0.25) is 5.43 Å². The van der Waals surface area contributed by atoms with Gasteiger partial charge in [-0.15, -0.1) is 0 Å². The van der Waals surface area contributed by atoms with Crippen LogP contribution in [0, 0.1) is 5.41 Å². The van der Waals surface area contributed by atoms with Gasteiger partial charge in [0.25, 0.3) is 0 Å². The lowest BCUT2D eigenvalue weighted by Crippen LogP contribution is -2.50. The van der Waals surface area contributed by atoms with E-state index in [1.165, 1.54) is 0 Å². The van der Waals surface area contributed by atoms with Gasteiger partial charge in [0.05, 0.1) is 12.2 Å². The van der Waals surface area contributed by atoms with Gasteiger partial charge in [-0.2, -0.15) is 0 Å². The highest BCUT2D eigenvalue weighted by Gasteiger charge is 2.26. The van der Waals surface area contributed by atoms with Gasteiger partial charge < -0.3 is 4.90 Å². The summed E-state index contributed by atoms with van der Waals surface area (Å²) < 4.78 is 0. The van der Waals surface area contributed by atoms with Gasteiger partial charge in [-0.25, -0.2) is 0 Å². The normalized spacial score (nSPS) is 16.8. The molecule has 21 heavy (non-hydrogen) atoms. The van der Waals surface area contributed by atoms with Crippen LogP contribution in [0.3, 0.4) is 0 Å². The maximum absolute atomic E-state index is 12.1. The van der Waals surface area contributed by atoms with Crippen LogP contribution in [0.4, 0.5) is 5.69 Å². The lowest BCUT2D eigenvalue weighted by molar-refractivity contribution is -0.127. The summed E-state index contributed by atoms with van der Waals surface area (Å²) in [6.07, 6.45) is 0. The van der Waals surface area contributed by atoms with E-state index in [4.69, 9.17) is 0 Å². The van der Waals surface area contributed by atoms with Crippen molar-refractivity contribution in [3.63, 3.8) is 0 Å². The zero-order chi connectivity index (χ0) is 15.5. The number of hydrogen-bond donors (Lipinski definition) is 0. The molecule has 0 radical (unpaired) electrons. The first-order valence-corrected chi connectivity index (χ1v) is 7.48. The van der Waals surface area contributed by atoms with Gasteiger partial charge in [-0.1, -0.05) is 39.0 Å². The van der Waals surface area contributed by atoms with E-state index in [0.717, 1.165) is 31.9 Å². The average Bonchev–Trinajstić information content (AvgIpc) is 2.63. The number of piperazine rings is 1. The molecule has 0 saturated carbocycles. The fraction of sp³-hybridized carbons (Fsp3) is 0.529. The van der Waals surface area contributed by atoms with Crippen molar-refractivity contribution in [2.45, 2.75) is 20.8 Å². The predicted octanol–water partition coefficient (Wildman–Crippen LogP) is 1.78. The Hall–Kier alpha value is -1.68. The van der Waals surface area contributed by atoms with Crippen molar-refractivity contribution in [3.05, 3.63) is 40.6 Å². The molecule has 0 aromatic heterocycles. The lowest BCUT2D eigenvalue weighted by Gasteiger charge is -2.36. The van der Waals surface area contributed by atoms with E-state index in [9.17, 15) is 9.59 Å². The molecule has 0 spiro atoms. The molecule has 4 nitrogen and oxygen atoms in total. The lowest BCUT2D eigenvalue weighted by atomic mass is 9.90. The summed E-state index contributed by atoms with van der Waals surface area (Å²) in [5, 5.41) is 0. The van der Waals surface area contributed by atoms with Crippen molar-refractivity contribution in [1.29, 1.82) is 0 Å². The van der Waals surface area contributed by atoms with E-state index in [1.807, 2.05) is 39.0 Å². The molecule has 1 aliphatic rings. The fourth-order valence-corrected chi connectivity index (χ4v) is 2.37. The van der Waals surface area contributed by atoms with Crippen LogP contribution < -0.4 is 10.3 Å². The molecule has 2 rings (SSSR count). The summed E-state index contributed by atoms with van der Waals surface area (Å²) in [6.45, 7) is 9.59. The third-order valence-corrected chi connectivity index (χ3v) is 3.89. The largest absolute Gasteiger partial charge is 0.366 e. The molecule has 1 fully saturated rings. The van der Waals surface area contributed by atoms with Gasteiger partial charge in [0, 0.05) is 31.6 Å². The van der Waals surface area contributed by atoms with E-state index in [1.54, 1.807) is 12.1 Å². The first-order valence-electron chi connectivity index (χ1n) is 7.48. The van der Waals surface area contributed by atoms with Crippen molar-refractivity contribution in [3.8, 4) is 0 Å². The molecule has 114 valence electrons. The Morgan fingerprint density at radius 3 is 2.29 bits per heavy atom. The molecule has 0 atom stereocenters. The summed E-state index contributed by atoms with van der Waals surface area (Å²) in [6, 6.07) is 9.00. The van der Waals surface area contributed by atoms with Crippen LogP contribution in [0.25, 0.3) is 0 Å². The number of hydrogen-bond acceptors (Lipinski definition) is 4. The molecule has 0 N–H and O–H groups in total. The van der Waals surface area contributed by atoms with Crippen molar-refractivity contribution in [1.82, 2.24) is 4.90 Å². The second kappa shape index (κ2) is 6.39. The van der Waals surface area contributed by atoms with E-state index in [-0.39, 0.29) is 16.6 Å². The molecule has 0 amide bonds. The van der Waals surface area contributed by atoms with Crippen LogP contribution >= 0.6 is 0 Å². The molecule has 1 aromatic rings. The number of carbonyl (C=O) groups is 1. The summed E-state index contributed by atoms with van der Waals surface area (Å²) in [5.41, 5.74) is 0.521. The minimum absolute atomic E-state index is 0.0548. The van der Waals surface area contributed by atoms with Crippen LogP contribution in [-0.4, -0.2) is 43.4 Å². The Balaban J connectivity index is 1.97. The smallest absolute Gasteiger partial charge is 0.201 e. The van der Waals surface area contributed by atoms with Gasteiger partial charge >= 0.3 is 0 Å². The monoisotopic (exact) mass is 288 g/mol. The summed E-state index contributed by atoms with van der Waals surface area (Å²) in [4.78, 5) is 28.4. The maximum atomic E-state index is 12.1. The first kappa shape index (κ1) is 15.7. The molecule has 0 aliphatic carbocycles. The Morgan fingerprint density at radius 2 is 1.67 bits per heavy atom. The Kier molecular flexibility index (Phi) is 4.78. The van der Waals surface area contributed by atoms with Gasteiger partial charge in [0.1, 0.15) is 0 Å². The zero-order valence-electron chi connectivity index (χ0n) is 13.1. The first-order chi connectivity index (χ1) is 9.88. The summed E-state index contributed by atoms with van der Waals surface area (Å²) >= 11 is 0. The van der Waals surface area contributed by atoms with Crippen LogP contribution in [0.5, 0.6) is 0 Å². The number of rotatable bonds is 3. The quantitative estimate of drug-likeness (QED) is 0.850. The average molecular weight is 288 g/mol. The molecular formula is C17H24N2O2. The van der Waals surface area contributed by atoms with E-state index < -0.39 is 0 Å². The molecular weight excluding hydrogens is 264 g/mol. The van der Waals surface area contributed by atoms with Crippen LogP contribution in [-0.2, 0) is 4.79 Å². The minimum atomic E-state index is -0.285. The highest BCUT2D eigenvalue weighted by atomic mass is 16.1. The molecule has 0 unspecified atom stereocenters. The second-order valence-corrected chi connectivity index (χ2v) is 6.60. The van der Waals surface area contributed by atoms with Crippen LogP contribution in [0.2, 0.25) is 0 Å². The second-order valence-electron chi connectivity index (χ2n) is 6.60. The molecule has 4 heteroatoms. The van der Waals surface area contributed by atoms with Crippen molar-refractivity contribution >= 4 is 11.5 Å². The highest BCUT2D eigenvalue weighted by Crippen LogP contribution is 2.17. The summed E-state index contributed by atoms with van der Waals surface area (Å²) in [5.74, 6) is 0.270. The van der Waals surface area contributed by atoms with Crippen molar-refractivity contribution in [2.24, 2.45) is 5.41 Å². The Labute approximate surface area is 126 Å². The SMILES string of the molecule is CC(C)(C)C(=O)CN1CCN(c2cccccc2=O)CC1. The standard InChI is InChI=1S/C17H24N2O2/c1-17(2,3)16(21)13-18-9-11-19(12-10-18)14-7-5-4-6-8-15(14)20/h4-8H,9-13H2,1-3H3. The molecule has 1 saturated heterocycles.